The van der Waals surface area contributed by atoms with Gasteiger partial charge in [0.15, 0.2) is 0 Å². The van der Waals surface area contributed by atoms with Crippen LogP contribution in [0, 0.1) is 29.1 Å². The average Bonchev–Trinajstić information content (AvgIpc) is 3.26. The fraction of sp³-hybridized carbons (Fsp3) is 0.679. The number of carbonyl (C=O) groups is 1. The van der Waals surface area contributed by atoms with E-state index >= 15 is 0 Å². The second-order valence-electron chi connectivity index (χ2n) is 11.2. The van der Waals surface area contributed by atoms with E-state index < -0.39 is 12.2 Å². The van der Waals surface area contributed by atoms with E-state index in [0.29, 0.717) is 36.2 Å². The fourth-order valence-corrected chi connectivity index (χ4v) is 7.20. The van der Waals surface area contributed by atoms with Crippen LogP contribution in [0.4, 0.5) is 0 Å². The molecule has 0 spiro atoms. The van der Waals surface area contributed by atoms with Crippen LogP contribution in [0.2, 0.25) is 0 Å². The molecule has 0 bridgehead atoms. The van der Waals surface area contributed by atoms with Crippen LogP contribution in [-0.2, 0) is 9.53 Å². The molecule has 176 valence electrons. The molecule has 1 saturated heterocycles. The van der Waals surface area contributed by atoms with Gasteiger partial charge in [-0.25, -0.2) is 4.79 Å². The third kappa shape index (κ3) is 4.17. The van der Waals surface area contributed by atoms with Crippen LogP contribution in [-0.4, -0.2) is 34.5 Å². The van der Waals surface area contributed by atoms with Gasteiger partial charge in [-0.05, 0) is 79.3 Å². The summed E-state index contributed by atoms with van der Waals surface area (Å²) >= 11 is 0. The largest absolute Gasteiger partial charge is 0.459 e. The van der Waals surface area contributed by atoms with Crippen molar-refractivity contribution in [3.05, 3.63) is 47.6 Å². The second-order valence-corrected chi connectivity index (χ2v) is 11.2. The number of aliphatic hydroxyl groups is 2. The molecule has 0 aromatic carbocycles. The van der Waals surface area contributed by atoms with E-state index in [1.807, 2.05) is 6.92 Å². The van der Waals surface area contributed by atoms with E-state index in [9.17, 15) is 15.0 Å². The average molecular weight is 441 g/mol. The van der Waals surface area contributed by atoms with E-state index in [0.717, 1.165) is 24.0 Å². The van der Waals surface area contributed by atoms with Gasteiger partial charge in [0.1, 0.15) is 6.10 Å². The highest BCUT2D eigenvalue weighted by molar-refractivity contribution is 5.89. The maximum atomic E-state index is 11.7. The maximum Gasteiger partial charge on any atom is 0.333 e. The molecule has 3 aliphatic carbocycles. The molecule has 4 rings (SSSR count). The molecule has 4 nitrogen and oxygen atoms in total. The minimum Gasteiger partial charge on any atom is -0.459 e. The summed E-state index contributed by atoms with van der Waals surface area (Å²) in [6.07, 6.45) is 11.4. The first-order chi connectivity index (χ1) is 15.1. The Kier molecular flexibility index (Phi) is 6.57. The lowest BCUT2D eigenvalue weighted by Gasteiger charge is -2.44. The molecule has 1 aliphatic heterocycles. The minimum atomic E-state index is -0.669. The highest BCUT2D eigenvalue weighted by atomic mass is 16.5. The number of allylic oxidation sites excluding steroid dienone is 3. The summed E-state index contributed by atoms with van der Waals surface area (Å²) in [5, 5.41) is 20.7. The molecule has 3 saturated carbocycles. The first-order valence-corrected chi connectivity index (χ1v) is 12.5. The molecule has 0 radical (unpaired) electrons. The number of aliphatic hydroxyl groups excluding tert-OH is 2. The van der Waals surface area contributed by atoms with Gasteiger partial charge in [0.05, 0.1) is 12.2 Å². The minimum absolute atomic E-state index is 0.00598. The molecular weight excluding hydrogens is 400 g/mol. The Hall–Kier alpha value is -1.65. The standard InChI is InChI=1S/C28H40O4/c1-16(13-22-14-17(2)27(31)32-22)23-10-11-24-20(7-6-12-28(23,24)5)8-9-21-15-25(29)19(4)26(30)18(21)3/h8-9,16,19,22-26,29-30H,2-3,6-7,10-15H2,1,4-5H3/b20-8+,21-9-/t16-,19+,22+,23-,24+,25-,26-,28-/m1/s1. The van der Waals surface area contributed by atoms with Gasteiger partial charge in [0, 0.05) is 17.9 Å². The van der Waals surface area contributed by atoms with Gasteiger partial charge < -0.3 is 14.9 Å². The normalized spacial score (nSPS) is 43.6. The van der Waals surface area contributed by atoms with Crippen LogP contribution in [0.3, 0.4) is 0 Å². The van der Waals surface area contributed by atoms with Crippen molar-refractivity contribution in [2.24, 2.45) is 29.1 Å². The highest BCUT2D eigenvalue weighted by Gasteiger charge is 2.51. The number of carbonyl (C=O) groups excluding carboxylic acids is 1. The van der Waals surface area contributed by atoms with Gasteiger partial charge >= 0.3 is 5.97 Å². The Labute approximate surface area is 193 Å². The quantitative estimate of drug-likeness (QED) is 0.462. The molecule has 8 atom stereocenters. The summed E-state index contributed by atoms with van der Waals surface area (Å²) in [7, 11) is 0. The molecule has 0 aromatic heterocycles. The molecular formula is C28H40O4. The van der Waals surface area contributed by atoms with Crippen molar-refractivity contribution in [1.29, 1.82) is 0 Å². The van der Waals surface area contributed by atoms with E-state index in [1.165, 1.54) is 31.3 Å². The van der Waals surface area contributed by atoms with Crippen molar-refractivity contribution in [3.8, 4) is 0 Å². The van der Waals surface area contributed by atoms with E-state index in [2.05, 4.69) is 39.2 Å². The number of esters is 1. The summed E-state index contributed by atoms with van der Waals surface area (Å²) in [5.41, 5.74) is 4.14. The Morgan fingerprint density at radius 1 is 1.22 bits per heavy atom. The Morgan fingerprint density at radius 3 is 2.66 bits per heavy atom. The second kappa shape index (κ2) is 8.95. The van der Waals surface area contributed by atoms with E-state index in [1.54, 1.807) is 0 Å². The predicted molar refractivity (Wildman–Crippen MR) is 127 cm³/mol. The topological polar surface area (TPSA) is 66.8 Å². The van der Waals surface area contributed by atoms with Gasteiger partial charge in [-0.3, -0.25) is 0 Å². The monoisotopic (exact) mass is 440 g/mol. The third-order valence-corrected chi connectivity index (χ3v) is 9.20. The zero-order valence-electron chi connectivity index (χ0n) is 20.0. The fourth-order valence-electron chi connectivity index (χ4n) is 7.20. The van der Waals surface area contributed by atoms with Gasteiger partial charge in [-0.1, -0.05) is 51.7 Å². The highest BCUT2D eigenvalue weighted by Crippen LogP contribution is 2.60. The van der Waals surface area contributed by atoms with Crippen molar-refractivity contribution in [1.82, 2.24) is 0 Å². The van der Waals surface area contributed by atoms with E-state index in [-0.39, 0.29) is 23.4 Å². The molecule has 4 aliphatic rings. The van der Waals surface area contributed by atoms with Crippen LogP contribution >= 0.6 is 0 Å². The molecule has 4 fully saturated rings. The van der Waals surface area contributed by atoms with Gasteiger partial charge in [0.25, 0.3) is 0 Å². The third-order valence-electron chi connectivity index (χ3n) is 9.20. The van der Waals surface area contributed by atoms with Crippen molar-refractivity contribution in [2.75, 3.05) is 0 Å². The van der Waals surface area contributed by atoms with Gasteiger partial charge in [-0.2, -0.15) is 0 Å². The molecule has 4 heteroatoms. The molecule has 32 heavy (non-hydrogen) atoms. The Balaban J connectivity index is 1.48. The summed E-state index contributed by atoms with van der Waals surface area (Å²) in [6.45, 7) is 14.6. The lowest BCUT2D eigenvalue weighted by atomic mass is 9.60. The van der Waals surface area contributed by atoms with Gasteiger partial charge in [0.2, 0.25) is 0 Å². The number of hydrogen-bond donors (Lipinski definition) is 2. The van der Waals surface area contributed by atoms with Crippen molar-refractivity contribution in [2.45, 2.75) is 90.4 Å². The first-order valence-electron chi connectivity index (χ1n) is 12.5. The number of ether oxygens (including phenoxy) is 1. The SMILES string of the molecule is C=C1C[C@H](C[C@@H](C)[C@H]2CC[C@H]3/C(=C/C=C4/C[C@@H](O)[C@H](C)[C@H](O)C4=C)CCC[C@]23C)OC1=O. The molecule has 0 amide bonds. The first kappa shape index (κ1) is 23.5. The number of rotatable bonds is 4. The van der Waals surface area contributed by atoms with Crippen LogP contribution in [0.1, 0.15) is 72.1 Å². The molecule has 0 unspecified atom stereocenters. The molecule has 0 aromatic rings. The number of cyclic esters (lactones) is 1. The molecule has 1 heterocycles. The summed E-state index contributed by atoms with van der Waals surface area (Å²) in [6, 6.07) is 0. The van der Waals surface area contributed by atoms with E-state index in [4.69, 9.17) is 4.74 Å². The lowest BCUT2D eigenvalue weighted by Crippen LogP contribution is -2.37. The summed E-state index contributed by atoms with van der Waals surface area (Å²) in [5.74, 6) is 1.33. The zero-order chi connectivity index (χ0) is 23.2. The van der Waals surface area contributed by atoms with Crippen LogP contribution in [0.5, 0.6) is 0 Å². The Bertz CT molecular complexity index is 835. The van der Waals surface area contributed by atoms with Gasteiger partial charge in [-0.15, -0.1) is 0 Å². The zero-order valence-corrected chi connectivity index (χ0v) is 20.0. The van der Waals surface area contributed by atoms with Crippen molar-refractivity contribution < 1.29 is 19.7 Å². The number of hydrogen-bond acceptors (Lipinski definition) is 4. The lowest BCUT2D eigenvalue weighted by molar-refractivity contribution is -0.139. The van der Waals surface area contributed by atoms with Crippen LogP contribution in [0.15, 0.2) is 47.6 Å². The van der Waals surface area contributed by atoms with Crippen LogP contribution < -0.4 is 0 Å². The maximum absolute atomic E-state index is 11.7. The predicted octanol–water partition coefficient (Wildman–Crippen LogP) is 5.27. The van der Waals surface area contributed by atoms with Crippen molar-refractivity contribution >= 4 is 5.97 Å². The van der Waals surface area contributed by atoms with Crippen LogP contribution in [0.25, 0.3) is 0 Å². The number of fused-ring (bicyclic) bond motifs is 1. The summed E-state index contributed by atoms with van der Waals surface area (Å²) in [4.78, 5) is 11.7. The Morgan fingerprint density at radius 2 is 1.97 bits per heavy atom. The smallest absolute Gasteiger partial charge is 0.333 e. The summed E-state index contributed by atoms with van der Waals surface area (Å²) < 4.78 is 5.53. The van der Waals surface area contributed by atoms with Crippen molar-refractivity contribution in [3.63, 3.8) is 0 Å². The molecule has 2 N–H and O–H groups in total.